The second-order valence-corrected chi connectivity index (χ2v) is 9.87. The predicted octanol–water partition coefficient (Wildman–Crippen LogP) is 5.44. The number of benzene rings is 2. The number of carbonyl (C=O) groups excluding carboxylic acids is 1. The van der Waals surface area contributed by atoms with Crippen molar-refractivity contribution in [3.8, 4) is 22.8 Å². The second kappa shape index (κ2) is 10.8. The zero-order chi connectivity index (χ0) is 26.6. The molecule has 0 bridgehead atoms. The van der Waals surface area contributed by atoms with Crippen LogP contribution in [0.25, 0.3) is 28.0 Å². The Hall–Kier alpha value is -4.53. The van der Waals surface area contributed by atoms with Gasteiger partial charge in [-0.1, -0.05) is 38.1 Å². The summed E-state index contributed by atoms with van der Waals surface area (Å²) in [4.78, 5) is 21.1. The van der Waals surface area contributed by atoms with E-state index in [4.69, 9.17) is 21.0 Å². The molecule has 5 rings (SSSR count). The fraction of sp³-hybridized carbons (Fsp3) is 0.276. The molecule has 0 saturated carbocycles. The van der Waals surface area contributed by atoms with Crippen LogP contribution in [0.1, 0.15) is 39.5 Å². The Kier molecular flexibility index (Phi) is 7.17. The number of anilines is 1. The third kappa shape index (κ3) is 5.41. The number of rotatable bonds is 8. The minimum atomic E-state index is -0.285. The van der Waals surface area contributed by atoms with Gasteiger partial charge in [-0.2, -0.15) is 5.10 Å². The largest absolute Gasteiger partial charge is 0.457 e. The molecule has 0 fully saturated rings. The third-order valence-corrected chi connectivity index (χ3v) is 6.48. The Balaban J connectivity index is 1.38. The van der Waals surface area contributed by atoms with E-state index >= 15 is 0 Å². The molecule has 9 nitrogen and oxygen atoms in total. The molecule has 4 aromatic rings. The predicted molar refractivity (Wildman–Crippen MR) is 149 cm³/mol. The quantitative estimate of drug-likeness (QED) is 0.271. The van der Waals surface area contributed by atoms with Crippen LogP contribution in [0.5, 0.6) is 11.5 Å². The molecule has 194 valence electrons. The van der Waals surface area contributed by atoms with Gasteiger partial charge in [0.05, 0.1) is 11.1 Å². The average Bonchev–Trinajstić information content (AvgIpc) is 3.31. The maximum Gasteiger partial charge on any atom is 0.265 e. The highest BCUT2D eigenvalue weighted by Crippen LogP contribution is 2.34. The summed E-state index contributed by atoms with van der Waals surface area (Å²) in [6, 6.07) is 17.3. The highest BCUT2D eigenvalue weighted by atomic mass is 16.5. The van der Waals surface area contributed by atoms with Crippen molar-refractivity contribution in [2.45, 2.75) is 45.6 Å². The van der Waals surface area contributed by atoms with E-state index in [1.54, 1.807) is 0 Å². The molecular weight excluding hydrogens is 478 g/mol. The van der Waals surface area contributed by atoms with Gasteiger partial charge < -0.3 is 15.8 Å². The van der Waals surface area contributed by atoms with Crippen LogP contribution in [0.4, 0.5) is 5.82 Å². The van der Waals surface area contributed by atoms with Gasteiger partial charge in [-0.3, -0.25) is 10.2 Å². The number of amides is 1. The highest BCUT2D eigenvalue weighted by molar-refractivity contribution is 6.37. The van der Waals surface area contributed by atoms with Crippen LogP contribution < -0.4 is 15.8 Å². The zero-order valence-corrected chi connectivity index (χ0v) is 21.5. The molecule has 38 heavy (non-hydrogen) atoms. The van der Waals surface area contributed by atoms with E-state index in [0.717, 1.165) is 29.2 Å². The minimum absolute atomic E-state index is 0.0167. The van der Waals surface area contributed by atoms with Gasteiger partial charge in [0.15, 0.2) is 5.65 Å². The van der Waals surface area contributed by atoms with Crippen LogP contribution in [0, 0.1) is 11.3 Å². The van der Waals surface area contributed by atoms with Crippen LogP contribution >= 0.6 is 0 Å². The van der Waals surface area contributed by atoms with Crippen molar-refractivity contribution in [3.63, 3.8) is 0 Å². The van der Waals surface area contributed by atoms with Gasteiger partial charge in [-0.15, -0.1) is 0 Å². The van der Waals surface area contributed by atoms with Crippen molar-refractivity contribution < 1.29 is 9.53 Å². The number of hydrogen-bond donors (Lipinski definition) is 3. The summed E-state index contributed by atoms with van der Waals surface area (Å²) in [5, 5.41) is 16.6. The van der Waals surface area contributed by atoms with E-state index in [0.29, 0.717) is 41.8 Å². The number of fused-ring (bicyclic) bond motifs is 1. The second-order valence-electron chi connectivity index (χ2n) is 9.87. The lowest BCUT2D eigenvalue weighted by molar-refractivity contribution is -0.115. The van der Waals surface area contributed by atoms with E-state index in [9.17, 15) is 4.79 Å². The number of nitrogen functional groups attached to an aromatic ring is 1. The first-order valence-electron chi connectivity index (χ1n) is 12.8. The van der Waals surface area contributed by atoms with Crippen LogP contribution in [0.2, 0.25) is 0 Å². The Bertz CT molecular complexity index is 1490. The SMILES string of the molecule is CC(C)CC(=N)C(=O)N[C@@H]1CC=C(n2nc(-c3ccc(Oc4ccccc4)cc3)c3c(N)ncnc32)CC1. The molecule has 0 spiro atoms. The first-order chi connectivity index (χ1) is 18.4. The van der Waals surface area contributed by atoms with Gasteiger partial charge in [0.25, 0.3) is 5.91 Å². The molecule has 0 radical (unpaired) electrons. The molecule has 0 saturated heterocycles. The molecule has 4 N–H and O–H groups in total. The fourth-order valence-electron chi connectivity index (χ4n) is 4.60. The van der Waals surface area contributed by atoms with Gasteiger partial charge in [-0.05, 0) is 68.0 Å². The number of carbonyl (C=O) groups is 1. The first kappa shape index (κ1) is 25.1. The van der Waals surface area contributed by atoms with E-state index in [1.807, 2.05) is 73.1 Å². The van der Waals surface area contributed by atoms with E-state index in [2.05, 4.69) is 21.4 Å². The molecule has 2 heterocycles. The lowest BCUT2D eigenvalue weighted by Gasteiger charge is -2.23. The highest BCUT2D eigenvalue weighted by Gasteiger charge is 2.24. The number of hydrogen-bond acceptors (Lipinski definition) is 7. The summed E-state index contributed by atoms with van der Waals surface area (Å²) in [5.41, 5.74) is 9.63. The molecule has 1 amide bonds. The van der Waals surface area contributed by atoms with Crippen LogP contribution in [0.15, 0.2) is 67.0 Å². The van der Waals surface area contributed by atoms with Gasteiger partial charge in [0.2, 0.25) is 0 Å². The zero-order valence-electron chi connectivity index (χ0n) is 21.5. The summed E-state index contributed by atoms with van der Waals surface area (Å²) >= 11 is 0. The Morgan fingerprint density at radius 3 is 2.55 bits per heavy atom. The maximum absolute atomic E-state index is 12.4. The molecule has 1 atom stereocenters. The normalized spacial score (nSPS) is 15.3. The van der Waals surface area contributed by atoms with Crippen LogP contribution in [0.3, 0.4) is 0 Å². The molecule has 0 aliphatic heterocycles. The maximum atomic E-state index is 12.4. The minimum Gasteiger partial charge on any atom is -0.457 e. The molecule has 0 unspecified atom stereocenters. The number of nitrogens with two attached hydrogens (primary N) is 1. The van der Waals surface area contributed by atoms with Gasteiger partial charge in [0, 0.05) is 17.3 Å². The Morgan fingerprint density at radius 2 is 1.87 bits per heavy atom. The molecular formula is C29H31N7O2. The molecule has 1 aliphatic rings. The number of ether oxygens (including phenoxy) is 1. The molecule has 2 aromatic heterocycles. The summed E-state index contributed by atoms with van der Waals surface area (Å²) in [6.45, 7) is 4.01. The van der Waals surface area contributed by atoms with Gasteiger partial charge in [0.1, 0.15) is 29.3 Å². The lowest BCUT2D eigenvalue weighted by atomic mass is 9.98. The fourth-order valence-corrected chi connectivity index (χ4v) is 4.60. The summed E-state index contributed by atoms with van der Waals surface area (Å²) < 4.78 is 7.75. The smallest absolute Gasteiger partial charge is 0.265 e. The van der Waals surface area contributed by atoms with Crippen molar-refractivity contribution in [2.24, 2.45) is 5.92 Å². The number of nitrogens with zero attached hydrogens (tertiary/aromatic N) is 4. The Labute approximate surface area is 221 Å². The van der Waals surface area contributed by atoms with E-state index < -0.39 is 0 Å². The Morgan fingerprint density at radius 1 is 1.13 bits per heavy atom. The third-order valence-electron chi connectivity index (χ3n) is 6.48. The number of para-hydroxylation sites is 1. The van der Waals surface area contributed by atoms with E-state index in [1.165, 1.54) is 6.33 Å². The van der Waals surface area contributed by atoms with Crippen molar-refractivity contribution >= 4 is 34.2 Å². The van der Waals surface area contributed by atoms with Gasteiger partial charge >= 0.3 is 0 Å². The first-order valence-corrected chi connectivity index (χ1v) is 12.8. The van der Waals surface area contributed by atoms with Crippen molar-refractivity contribution in [2.75, 3.05) is 5.73 Å². The number of aromatic nitrogens is 4. The number of nitrogens with one attached hydrogen (secondary N) is 2. The summed E-state index contributed by atoms with van der Waals surface area (Å²) in [5.74, 6) is 1.84. The molecule has 9 heteroatoms. The van der Waals surface area contributed by atoms with Crippen molar-refractivity contribution in [1.29, 1.82) is 5.41 Å². The number of allylic oxidation sites excluding steroid dienone is 1. The van der Waals surface area contributed by atoms with Crippen LogP contribution in [-0.4, -0.2) is 37.4 Å². The molecule has 2 aromatic carbocycles. The monoisotopic (exact) mass is 509 g/mol. The van der Waals surface area contributed by atoms with Crippen LogP contribution in [-0.2, 0) is 4.79 Å². The average molecular weight is 510 g/mol. The summed E-state index contributed by atoms with van der Waals surface area (Å²) in [7, 11) is 0. The van der Waals surface area contributed by atoms with E-state index in [-0.39, 0.29) is 23.6 Å². The molecule has 1 aliphatic carbocycles. The standard InChI is InChI=1S/C29H31N7O2/c1-18(2)16-24(30)29(37)34-20-10-12-21(13-11-20)36-28-25(27(31)32-17-33-28)26(35-36)19-8-14-23(15-9-19)38-22-6-4-3-5-7-22/h3-9,12,14-15,17-18,20,30H,10-11,13,16H2,1-2H3,(H,34,37)(H2,31,32,33)/t20-/m1/s1. The topological polar surface area (TPSA) is 132 Å². The van der Waals surface area contributed by atoms with Gasteiger partial charge in [-0.25, -0.2) is 14.6 Å². The van der Waals surface area contributed by atoms with Crippen molar-refractivity contribution in [3.05, 3.63) is 67.0 Å². The summed E-state index contributed by atoms with van der Waals surface area (Å²) in [6.07, 6.45) is 6.09. The van der Waals surface area contributed by atoms with Crippen molar-refractivity contribution in [1.82, 2.24) is 25.1 Å². The lowest BCUT2D eigenvalue weighted by Crippen LogP contribution is -2.40.